The van der Waals surface area contributed by atoms with Gasteiger partial charge in [-0.25, -0.2) is 0 Å². The van der Waals surface area contributed by atoms with Gasteiger partial charge in [0.2, 0.25) is 0 Å². The van der Waals surface area contributed by atoms with Crippen molar-refractivity contribution in [1.29, 1.82) is 0 Å². The van der Waals surface area contributed by atoms with Gasteiger partial charge in [-0.2, -0.15) is 0 Å². The van der Waals surface area contributed by atoms with Crippen molar-refractivity contribution in [3.05, 3.63) is 23.3 Å². The molecule has 0 bridgehead atoms. The zero-order valence-corrected chi connectivity index (χ0v) is 17.2. The van der Waals surface area contributed by atoms with E-state index in [1.54, 1.807) is 0 Å². The van der Waals surface area contributed by atoms with Crippen molar-refractivity contribution in [2.24, 2.45) is 33.7 Å². The monoisotopic (exact) mass is 387 g/mol. The number of carbonyl (C=O) groups is 1. The molecule has 0 spiro atoms. The van der Waals surface area contributed by atoms with Gasteiger partial charge in [0.25, 0.3) is 0 Å². The quantitative estimate of drug-likeness (QED) is 0.287. The van der Waals surface area contributed by atoms with Gasteiger partial charge < -0.3 is 15.4 Å². The van der Waals surface area contributed by atoms with Crippen molar-refractivity contribution in [3.63, 3.8) is 0 Å². The summed E-state index contributed by atoms with van der Waals surface area (Å²) in [6, 6.07) is 0. The lowest BCUT2D eigenvalue weighted by molar-refractivity contribution is -0.144. The average molecular weight is 388 g/mol. The van der Waals surface area contributed by atoms with Crippen LogP contribution >= 0.6 is 0 Å². The van der Waals surface area contributed by atoms with Crippen LogP contribution in [0, 0.1) is 28.6 Å². The number of rotatable bonds is 3. The van der Waals surface area contributed by atoms with E-state index in [0.717, 1.165) is 37.8 Å². The first kappa shape index (κ1) is 19.7. The average Bonchev–Trinajstić information content (AvgIpc) is 2.98. The number of aliphatic carboxylic acids is 1. The summed E-state index contributed by atoms with van der Waals surface area (Å²) in [7, 11) is 0. The van der Waals surface area contributed by atoms with Crippen molar-refractivity contribution in [1.82, 2.24) is 0 Å². The van der Waals surface area contributed by atoms with Crippen molar-refractivity contribution in [2.75, 3.05) is 0 Å². The van der Waals surface area contributed by atoms with Crippen molar-refractivity contribution >= 4 is 11.7 Å². The van der Waals surface area contributed by atoms with Crippen LogP contribution in [0.4, 0.5) is 0 Å². The zero-order chi connectivity index (χ0) is 20.3. The van der Waals surface area contributed by atoms with Crippen LogP contribution in [0.1, 0.15) is 72.1 Å². The van der Waals surface area contributed by atoms with Crippen molar-refractivity contribution < 1.29 is 20.2 Å². The minimum atomic E-state index is -1.09. The molecule has 154 valence electrons. The van der Waals surface area contributed by atoms with Crippen molar-refractivity contribution in [2.45, 2.75) is 77.7 Å². The van der Waals surface area contributed by atoms with Crippen LogP contribution in [-0.4, -0.2) is 32.7 Å². The second kappa shape index (κ2) is 6.45. The normalized spacial score (nSPS) is 45.4. The fraction of sp³-hybridized carbons (Fsp3) is 0.739. The molecular weight excluding hydrogens is 354 g/mol. The van der Waals surface area contributed by atoms with Gasteiger partial charge in [-0.3, -0.25) is 4.79 Å². The predicted octanol–water partition coefficient (Wildman–Crippen LogP) is 4.54. The number of aliphatic hydroxyl groups is 1. The number of allylic oxidation sites excluding steroid dienone is 3. The molecule has 0 aliphatic heterocycles. The summed E-state index contributed by atoms with van der Waals surface area (Å²) in [5.74, 6) is 0.823. The van der Waals surface area contributed by atoms with Crippen molar-refractivity contribution in [3.8, 4) is 0 Å². The van der Waals surface area contributed by atoms with Gasteiger partial charge in [-0.05, 0) is 86.0 Å². The fourth-order valence-electron chi connectivity index (χ4n) is 7.33. The highest BCUT2D eigenvalue weighted by molar-refractivity contribution is 5.99. The molecule has 0 aromatic rings. The van der Waals surface area contributed by atoms with Gasteiger partial charge in [-0.15, -0.1) is 0 Å². The molecule has 0 amide bonds. The lowest BCUT2D eigenvalue weighted by atomic mass is 9.46. The zero-order valence-electron chi connectivity index (χ0n) is 17.2. The molecule has 0 heterocycles. The standard InChI is InChI=1S/C23H33NO4/c1-14(24-28)17-6-7-18-16-5-4-15-12-23(27,13-20(25)26)11-10-21(15,2)19(16)8-9-22(17,18)3/h4,6,16,18-19,27-28H,5,7-13H2,1-3H3,(H,25,26)/b24-14+/t16-,18-,19-,21-,22+,23-/m0/s1. The van der Waals surface area contributed by atoms with Crippen LogP contribution < -0.4 is 0 Å². The number of hydrogen-bond acceptors (Lipinski definition) is 4. The largest absolute Gasteiger partial charge is 0.481 e. The van der Waals surface area contributed by atoms with Gasteiger partial charge in [0.1, 0.15) is 0 Å². The van der Waals surface area contributed by atoms with Crippen LogP contribution in [0.15, 0.2) is 28.5 Å². The van der Waals surface area contributed by atoms with Gasteiger partial charge in [-0.1, -0.05) is 36.7 Å². The third-order valence-electron chi connectivity index (χ3n) is 8.86. The van der Waals surface area contributed by atoms with E-state index in [-0.39, 0.29) is 17.3 Å². The topological polar surface area (TPSA) is 90.1 Å². The highest BCUT2D eigenvalue weighted by Gasteiger charge is 2.58. The lowest BCUT2D eigenvalue weighted by Crippen LogP contribution is -2.52. The van der Waals surface area contributed by atoms with Crippen LogP contribution in [-0.2, 0) is 4.79 Å². The Morgan fingerprint density at radius 1 is 1.14 bits per heavy atom. The molecule has 0 saturated heterocycles. The first-order valence-electron chi connectivity index (χ1n) is 10.7. The summed E-state index contributed by atoms with van der Waals surface area (Å²) < 4.78 is 0. The van der Waals surface area contributed by atoms with Gasteiger partial charge >= 0.3 is 5.97 Å². The Bertz CT molecular complexity index is 783. The molecule has 5 nitrogen and oxygen atoms in total. The molecule has 0 unspecified atom stereocenters. The summed E-state index contributed by atoms with van der Waals surface area (Å²) in [5.41, 5.74) is 2.31. The van der Waals surface area contributed by atoms with E-state index in [1.807, 2.05) is 6.92 Å². The summed E-state index contributed by atoms with van der Waals surface area (Å²) in [5, 5.41) is 32.8. The molecule has 6 atom stereocenters. The van der Waals surface area contributed by atoms with Crippen LogP contribution in [0.25, 0.3) is 0 Å². The Morgan fingerprint density at radius 2 is 1.89 bits per heavy atom. The fourth-order valence-corrected chi connectivity index (χ4v) is 7.33. The highest BCUT2D eigenvalue weighted by Crippen LogP contribution is 2.65. The summed E-state index contributed by atoms with van der Waals surface area (Å²) in [4.78, 5) is 11.2. The molecule has 4 aliphatic rings. The molecule has 0 aromatic carbocycles. The number of carboxylic acid groups (broad SMARTS) is 1. The SMILES string of the molecule is C/C(=N\O)C1=CC[C@H]2[C@@H]3CC=C4C[C@](O)(CC(=O)O)CC[C@]4(C)[C@H]3CC[C@]12C. The Labute approximate surface area is 167 Å². The molecule has 0 radical (unpaired) electrons. The Balaban J connectivity index is 1.61. The third kappa shape index (κ3) is 2.77. The van der Waals surface area contributed by atoms with E-state index in [1.165, 1.54) is 11.1 Å². The van der Waals surface area contributed by atoms with E-state index in [0.29, 0.717) is 30.6 Å². The number of oxime groups is 1. The molecule has 0 aromatic heterocycles. The maximum atomic E-state index is 11.2. The van der Waals surface area contributed by atoms with Crippen LogP contribution in [0.5, 0.6) is 0 Å². The van der Waals surface area contributed by atoms with Gasteiger partial charge in [0.15, 0.2) is 0 Å². The first-order chi connectivity index (χ1) is 13.1. The molecule has 4 aliphatic carbocycles. The van der Waals surface area contributed by atoms with E-state index < -0.39 is 11.6 Å². The highest BCUT2D eigenvalue weighted by atomic mass is 16.4. The summed E-state index contributed by atoms with van der Waals surface area (Å²) in [6.45, 7) is 6.59. The van der Waals surface area contributed by atoms with E-state index in [4.69, 9.17) is 0 Å². The molecule has 4 rings (SSSR count). The van der Waals surface area contributed by atoms with Gasteiger partial charge in [0.05, 0.1) is 17.7 Å². The Morgan fingerprint density at radius 3 is 2.57 bits per heavy atom. The molecular formula is C23H33NO4. The maximum Gasteiger partial charge on any atom is 0.306 e. The summed E-state index contributed by atoms with van der Waals surface area (Å²) in [6.07, 6.45) is 10.7. The van der Waals surface area contributed by atoms with Gasteiger partial charge in [0, 0.05) is 0 Å². The lowest BCUT2D eigenvalue weighted by Gasteiger charge is -2.58. The first-order valence-corrected chi connectivity index (χ1v) is 10.7. The second-order valence-corrected chi connectivity index (χ2v) is 10.2. The van der Waals surface area contributed by atoms with E-state index >= 15 is 0 Å². The Kier molecular flexibility index (Phi) is 4.53. The van der Waals surface area contributed by atoms with E-state index in [9.17, 15) is 20.2 Å². The molecule has 5 heteroatoms. The number of carboxylic acids is 1. The minimum Gasteiger partial charge on any atom is -0.481 e. The molecule has 2 saturated carbocycles. The smallest absolute Gasteiger partial charge is 0.306 e. The number of nitrogens with zero attached hydrogens (tertiary/aromatic N) is 1. The maximum absolute atomic E-state index is 11.2. The predicted molar refractivity (Wildman–Crippen MR) is 107 cm³/mol. The summed E-state index contributed by atoms with van der Waals surface area (Å²) >= 11 is 0. The minimum absolute atomic E-state index is 0.0673. The van der Waals surface area contributed by atoms with E-state index in [2.05, 4.69) is 31.2 Å². The number of fused-ring (bicyclic) bond motifs is 5. The van der Waals surface area contributed by atoms with Crippen LogP contribution in [0.2, 0.25) is 0 Å². The Hall–Kier alpha value is -1.62. The third-order valence-corrected chi connectivity index (χ3v) is 8.86. The molecule has 2 fully saturated rings. The number of hydrogen-bond donors (Lipinski definition) is 3. The molecule has 3 N–H and O–H groups in total. The van der Waals surface area contributed by atoms with Crippen LogP contribution in [0.3, 0.4) is 0 Å². The second-order valence-electron chi connectivity index (χ2n) is 10.2. The molecule has 28 heavy (non-hydrogen) atoms.